The van der Waals surface area contributed by atoms with Gasteiger partial charge in [0, 0.05) is 6.54 Å². The molecule has 6 nitrogen and oxygen atoms in total. The van der Waals surface area contributed by atoms with Crippen molar-refractivity contribution in [2.24, 2.45) is 0 Å². The molecule has 0 fully saturated rings. The average Bonchev–Trinajstić information content (AvgIpc) is 3.13. The molecule has 0 aliphatic carbocycles. The highest BCUT2D eigenvalue weighted by Gasteiger charge is 2.13. The van der Waals surface area contributed by atoms with Crippen LogP contribution in [0.4, 0.5) is 5.69 Å². The lowest BCUT2D eigenvalue weighted by Crippen LogP contribution is -2.00. The normalized spacial score (nSPS) is 12.8. The average molecular weight is 268 g/mol. The first kappa shape index (κ1) is 11.1. The number of nitrogens with one attached hydrogen (secondary N) is 2. The zero-order valence-corrected chi connectivity index (χ0v) is 10.6. The minimum Gasteiger partial charge on any atom is -0.454 e. The number of anilines is 1. The van der Waals surface area contributed by atoms with E-state index in [1.807, 2.05) is 36.4 Å². The van der Waals surface area contributed by atoms with Gasteiger partial charge in [-0.15, -0.1) is 0 Å². The molecule has 0 radical (unpaired) electrons. The molecule has 0 saturated heterocycles. The smallest absolute Gasteiger partial charge is 0.231 e. The van der Waals surface area contributed by atoms with Gasteiger partial charge < -0.3 is 14.8 Å². The molecule has 4 rings (SSSR count). The lowest BCUT2D eigenvalue weighted by atomic mass is 10.2. The van der Waals surface area contributed by atoms with E-state index >= 15 is 0 Å². The van der Waals surface area contributed by atoms with Crippen LogP contribution in [0.5, 0.6) is 11.5 Å². The summed E-state index contributed by atoms with van der Waals surface area (Å²) in [4.78, 5) is 0. The first-order chi connectivity index (χ1) is 9.90. The Hall–Kier alpha value is -2.76. The number of hydrogen-bond acceptors (Lipinski definition) is 5. The van der Waals surface area contributed by atoms with Gasteiger partial charge in [-0.2, -0.15) is 15.4 Å². The van der Waals surface area contributed by atoms with Gasteiger partial charge >= 0.3 is 0 Å². The maximum absolute atomic E-state index is 5.37. The highest BCUT2D eigenvalue weighted by atomic mass is 16.7. The molecule has 2 aromatic carbocycles. The van der Waals surface area contributed by atoms with Crippen molar-refractivity contribution in [3.8, 4) is 11.5 Å². The number of H-pyrrole nitrogens is 1. The van der Waals surface area contributed by atoms with E-state index in [9.17, 15) is 0 Å². The summed E-state index contributed by atoms with van der Waals surface area (Å²) in [5, 5.41) is 14.2. The minimum atomic E-state index is 0.296. The van der Waals surface area contributed by atoms with Crippen LogP contribution in [0.25, 0.3) is 11.0 Å². The SMILES string of the molecule is c1cc(NCc2ccc3c(c2)OCO3)c2n[nH]nc2c1. The minimum absolute atomic E-state index is 0.296. The fourth-order valence-corrected chi connectivity index (χ4v) is 2.26. The van der Waals surface area contributed by atoms with Crippen LogP contribution in [0.1, 0.15) is 5.56 Å². The first-order valence-corrected chi connectivity index (χ1v) is 6.32. The fourth-order valence-electron chi connectivity index (χ4n) is 2.26. The summed E-state index contributed by atoms with van der Waals surface area (Å²) in [7, 11) is 0. The van der Waals surface area contributed by atoms with Crippen molar-refractivity contribution >= 4 is 16.7 Å². The molecule has 1 aromatic heterocycles. The van der Waals surface area contributed by atoms with Crippen molar-refractivity contribution < 1.29 is 9.47 Å². The van der Waals surface area contributed by atoms with Crippen molar-refractivity contribution in [1.82, 2.24) is 15.4 Å². The zero-order valence-electron chi connectivity index (χ0n) is 10.6. The van der Waals surface area contributed by atoms with Crippen LogP contribution in [-0.2, 0) is 6.54 Å². The van der Waals surface area contributed by atoms with E-state index in [1.165, 1.54) is 0 Å². The molecule has 0 spiro atoms. The molecule has 0 saturated carbocycles. The van der Waals surface area contributed by atoms with E-state index < -0.39 is 0 Å². The third kappa shape index (κ3) is 1.82. The summed E-state index contributed by atoms with van der Waals surface area (Å²) >= 11 is 0. The highest BCUT2D eigenvalue weighted by Crippen LogP contribution is 2.32. The lowest BCUT2D eigenvalue weighted by Gasteiger charge is -2.07. The molecule has 0 amide bonds. The Kier molecular flexibility index (Phi) is 2.45. The fraction of sp³-hybridized carbons (Fsp3) is 0.143. The Labute approximate surface area is 114 Å². The lowest BCUT2D eigenvalue weighted by molar-refractivity contribution is 0.174. The van der Waals surface area contributed by atoms with Crippen molar-refractivity contribution in [3.63, 3.8) is 0 Å². The summed E-state index contributed by atoms with van der Waals surface area (Å²) in [5.74, 6) is 1.59. The molecule has 100 valence electrons. The summed E-state index contributed by atoms with van der Waals surface area (Å²) in [6, 6.07) is 11.8. The van der Waals surface area contributed by atoms with Crippen molar-refractivity contribution in [3.05, 3.63) is 42.0 Å². The van der Waals surface area contributed by atoms with Crippen LogP contribution in [0.3, 0.4) is 0 Å². The zero-order chi connectivity index (χ0) is 13.4. The molecule has 0 unspecified atom stereocenters. The van der Waals surface area contributed by atoms with E-state index in [0.29, 0.717) is 13.3 Å². The van der Waals surface area contributed by atoms with Gasteiger partial charge in [-0.05, 0) is 29.8 Å². The molecular formula is C14H12N4O2. The Morgan fingerprint density at radius 2 is 2.05 bits per heavy atom. The summed E-state index contributed by atoms with van der Waals surface area (Å²) in [6.07, 6.45) is 0. The van der Waals surface area contributed by atoms with Crippen LogP contribution in [0.15, 0.2) is 36.4 Å². The summed E-state index contributed by atoms with van der Waals surface area (Å²) in [5.41, 5.74) is 3.76. The number of aromatic nitrogens is 3. The van der Waals surface area contributed by atoms with E-state index in [2.05, 4.69) is 20.7 Å². The molecule has 1 aliphatic heterocycles. The second-order valence-electron chi connectivity index (χ2n) is 4.54. The third-order valence-corrected chi connectivity index (χ3v) is 3.27. The van der Waals surface area contributed by atoms with Gasteiger partial charge in [-0.1, -0.05) is 12.1 Å². The van der Waals surface area contributed by atoms with Crippen molar-refractivity contribution in [2.45, 2.75) is 6.54 Å². The maximum atomic E-state index is 5.37. The molecule has 20 heavy (non-hydrogen) atoms. The quantitative estimate of drug-likeness (QED) is 0.762. The molecule has 3 aromatic rings. The number of rotatable bonds is 3. The molecule has 0 bridgehead atoms. The molecule has 0 atom stereocenters. The van der Waals surface area contributed by atoms with Crippen LogP contribution >= 0.6 is 0 Å². The predicted octanol–water partition coefficient (Wildman–Crippen LogP) is 2.30. The van der Waals surface area contributed by atoms with Crippen molar-refractivity contribution in [1.29, 1.82) is 0 Å². The highest BCUT2D eigenvalue weighted by molar-refractivity contribution is 5.87. The van der Waals surface area contributed by atoms with Crippen LogP contribution in [0, 0.1) is 0 Å². The maximum Gasteiger partial charge on any atom is 0.231 e. The van der Waals surface area contributed by atoms with Gasteiger partial charge in [0.1, 0.15) is 11.0 Å². The number of para-hydroxylation sites is 1. The largest absolute Gasteiger partial charge is 0.454 e. The Morgan fingerprint density at radius 3 is 3.05 bits per heavy atom. The molecule has 2 N–H and O–H groups in total. The second-order valence-corrected chi connectivity index (χ2v) is 4.54. The monoisotopic (exact) mass is 268 g/mol. The molecule has 6 heteroatoms. The standard InChI is InChI=1S/C14H12N4O2/c1-2-10(14-11(3-1)16-18-17-14)15-7-9-4-5-12-13(6-9)20-8-19-12/h1-6,15H,7-8H2,(H,16,17,18). The van der Waals surface area contributed by atoms with Gasteiger partial charge in [0.05, 0.1) is 5.69 Å². The second kappa shape index (κ2) is 4.41. The summed E-state index contributed by atoms with van der Waals surface area (Å²) in [6.45, 7) is 0.979. The number of benzene rings is 2. The number of nitrogens with zero attached hydrogens (tertiary/aromatic N) is 2. The van der Waals surface area contributed by atoms with Crippen molar-refractivity contribution in [2.75, 3.05) is 12.1 Å². The number of aromatic amines is 1. The number of hydrogen-bond donors (Lipinski definition) is 2. The van der Waals surface area contributed by atoms with E-state index in [4.69, 9.17) is 9.47 Å². The topological polar surface area (TPSA) is 72.1 Å². The van der Waals surface area contributed by atoms with Gasteiger partial charge in [-0.3, -0.25) is 0 Å². The predicted molar refractivity (Wildman–Crippen MR) is 73.8 cm³/mol. The van der Waals surface area contributed by atoms with Crippen LogP contribution in [0.2, 0.25) is 0 Å². The number of fused-ring (bicyclic) bond motifs is 2. The first-order valence-electron chi connectivity index (χ1n) is 6.32. The van der Waals surface area contributed by atoms with E-state index in [-0.39, 0.29) is 0 Å². The van der Waals surface area contributed by atoms with E-state index in [1.54, 1.807) is 0 Å². The third-order valence-electron chi connectivity index (χ3n) is 3.27. The van der Waals surface area contributed by atoms with Gasteiger partial charge in [0.2, 0.25) is 6.79 Å². The van der Waals surface area contributed by atoms with Gasteiger partial charge in [0.25, 0.3) is 0 Å². The van der Waals surface area contributed by atoms with Gasteiger partial charge in [0.15, 0.2) is 11.5 Å². The number of ether oxygens (including phenoxy) is 2. The Balaban J connectivity index is 1.57. The summed E-state index contributed by atoms with van der Waals surface area (Å²) < 4.78 is 10.7. The van der Waals surface area contributed by atoms with Crippen LogP contribution < -0.4 is 14.8 Å². The Morgan fingerprint density at radius 1 is 1.10 bits per heavy atom. The molecule has 1 aliphatic rings. The molecular weight excluding hydrogens is 256 g/mol. The molecule has 2 heterocycles. The Bertz CT molecular complexity index is 769. The van der Waals surface area contributed by atoms with Gasteiger partial charge in [-0.25, -0.2) is 0 Å². The van der Waals surface area contributed by atoms with E-state index in [0.717, 1.165) is 33.8 Å². The van der Waals surface area contributed by atoms with Crippen LogP contribution in [-0.4, -0.2) is 22.2 Å².